The SMILES string of the molecule is O=C(CCn1ccc2cc(Br)ccc21)NCCNC(=O)c1ccncc1. The third kappa shape index (κ3) is 4.70. The van der Waals surface area contributed by atoms with E-state index in [0.717, 1.165) is 15.4 Å². The molecule has 0 saturated heterocycles. The maximum atomic E-state index is 12.0. The van der Waals surface area contributed by atoms with E-state index in [1.165, 1.54) is 0 Å². The van der Waals surface area contributed by atoms with Crippen molar-refractivity contribution in [1.82, 2.24) is 20.2 Å². The molecule has 0 aliphatic carbocycles. The van der Waals surface area contributed by atoms with E-state index in [1.807, 2.05) is 24.4 Å². The number of fused-ring (bicyclic) bond motifs is 1. The van der Waals surface area contributed by atoms with Gasteiger partial charge in [-0.3, -0.25) is 14.6 Å². The summed E-state index contributed by atoms with van der Waals surface area (Å²) in [5.74, 6) is -0.214. The fraction of sp³-hybridized carbons (Fsp3) is 0.211. The Hall–Kier alpha value is -2.67. The molecule has 0 radical (unpaired) electrons. The summed E-state index contributed by atoms with van der Waals surface area (Å²) < 4.78 is 3.10. The van der Waals surface area contributed by atoms with E-state index >= 15 is 0 Å². The number of aryl methyl sites for hydroxylation is 1. The summed E-state index contributed by atoms with van der Waals surface area (Å²) in [5.41, 5.74) is 1.66. The number of amides is 2. The monoisotopic (exact) mass is 414 g/mol. The Morgan fingerprint density at radius 1 is 1.04 bits per heavy atom. The Kier molecular flexibility index (Phi) is 6.01. The number of nitrogens with zero attached hydrogens (tertiary/aromatic N) is 2. The van der Waals surface area contributed by atoms with Crippen LogP contribution in [-0.2, 0) is 11.3 Å². The van der Waals surface area contributed by atoms with E-state index < -0.39 is 0 Å². The van der Waals surface area contributed by atoms with Crippen molar-refractivity contribution in [3.63, 3.8) is 0 Å². The third-order valence-electron chi connectivity index (χ3n) is 3.99. The fourth-order valence-corrected chi connectivity index (χ4v) is 3.04. The van der Waals surface area contributed by atoms with E-state index in [4.69, 9.17) is 0 Å². The van der Waals surface area contributed by atoms with Gasteiger partial charge in [-0.05, 0) is 36.4 Å². The van der Waals surface area contributed by atoms with Crippen LogP contribution in [0.4, 0.5) is 0 Å². The molecule has 0 unspecified atom stereocenters. The first-order valence-electron chi connectivity index (χ1n) is 8.33. The van der Waals surface area contributed by atoms with Gasteiger partial charge in [-0.25, -0.2) is 0 Å². The molecule has 134 valence electrons. The quantitative estimate of drug-likeness (QED) is 0.583. The Bertz CT molecular complexity index is 908. The molecule has 2 aromatic heterocycles. The van der Waals surface area contributed by atoms with Crippen LogP contribution in [0.1, 0.15) is 16.8 Å². The van der Waals surface area contributed by atoms with Crippen LogP contribution in [0.5, 0.6) is 0 Å². The Balaban J connectivity index is 1.39. The van der Waals surface area contributed by atoms with Crippen LogP contribution in [0, 0.1) is 0 Å². The van der Waals surface area contributed by atoms with Crippen LogP contribution in [0.3, 0.4) is 0 Å². The molecule has 0 fully saturated rings. The van der Waals surface area contributed by atoms with Gasteiger partial charge in [0.15, 0.2) is 0 Å². The molecule has 2 amide bonds. The Morgan fingerprint density at radius 3 is 2.62 bits per heavy atom. The average molecular weight is 415 g/mol. The van der Waals surface area contributed by atoms with Crippen LogP contribution in [-0.4, -0.2) is 34.5 Å². The van der Waals surface area contributed by atoms with Gasteiger partial charge < -0.3 is 15.2 Å². The van der Waals surface area contributed by atoms with Crippen molar-refractivity contribution in [2.45, 2.75) is 13.0 Å². The molecule has 2 N–H and O–H groups in total. The maximum Gasteiger partial charge on any atom is 0.251 e. The normalized spacial score (nSPS) is 10.7. The molecule has 6 nitrogen and oxygen atoms in total. The molecule has 0 atom stereocenters. The number of aromatic nitrogens is 2. The van der Waals surface area contributed by atoms with E-state index in [1.54, 1.807) is 24.5 Å². The van der Waals surface area contributed by atoms with Crippen molar-refractivity contribution in [2.24, 2.45) is 0 Å². The Labute approximate surface area is 159 Å². The van der Waals surface area contributed by atoms with E-state index in [2.05, 4.69) is 42.2 Å². The topological polar surface area (TPSA) is 76.0 Å². The van der Waals surface area contributed by atoms with Crippen molar-refractivity contribution in [3.05, 3.63) is 65.0 Å². The van der Waals surface area contributed by atoms with Gasteiger partial charge >= 0.3 is 0 Å². The summed E-state index contributed by atoms with van der Waals surface area (Å²) in [6.07, 6.45) is 5.51. The maximum absolute atomic E-state index is 12.0. The second-order valence-corrected chi connectivity index (χ2v) is 6.72. The van der Waals surface area contributed by atoms with Gasteiger partial charge in [0.25, 0.3) is 5.91 Å². The highest BCUT2D eigenvalue weighted by Gasteiger charge is 2.06. The summed E-state index contributed by atoms with van der Waals surface area (Å²) in [4.78, 5) is 27.7. The highest BCUT2D eigenvalue weighted by Crippen LogP contribution is 2.21. The summed E-state index contributed by atoms with van der Waals surface area (Å²) in [6, 6.07) is 11.4. The first-order chi connectivity index (χ1) is 12.6. The predicted molar refractivity (Wildman–Crippen MR) is 104 cm³/mol. The zero-order chi connectivity index (χ0) is 18.4. The van der Waals surface area contributed by atoms with E-state index in [9.17, 15) is 9.59 Å². The van der Waals surface area contributed by atoms with Crippen LogP contribution in [0.25, 0.3) is 10.9 Å². The third-order valence-corrected chi connectivity index (χ3v) is 4.48. The highest BCUT2D eigenvalue weighted by atomic mass is 79.9. The highest BCUT2D eigenvalue weighted by molar-refractivity contribution is 9.10. The van der Waals surface area contributed by atoms with Gasteiger partial charge in [0.05, 0.1) is 0 Å². The minimum atomic E-state index is -0.174. The van der Waals surface area contributed by atoms with Gasteiger partial charge in [0.1, 0.15) is 0 Å². The molecule has 0 spiro atoms. The zero-order valence-electron chi connectivity index (χ0n) is 14.1. The molecular formula is C19H19BrN4O2. The lowest BCUT2D eigenvalue weighted by Gasteiger charge is -2.08. The number of carbonyl (C=O) groups excluding carboxylic acids is 2. The number of hydrogen-bond acceptors (Lipinski definition) is 3. The molecule has 3 aromatic rings. The number of rotatable bonds is 7. The van der Waals surface area contributed by atoms with Gasteiger partial charge in [-0.15, -0.1) is 0 Å². The Morgan fingerprint density at radius 2 is 1.81 bits per heavy atom. The summed E-state index contributed by atoms with van der Waals surface area (Å²) >= 11 is 3.46. The van der Waals surface area contributed by atoms with Crippen molar-refractivity contribution in [1.29, 1.82) is 0 Å². The number of hydrogen-bond donors (Lipinski definition) is 2. The minimum absolute atomic E-state index is 0.0397. The summed E-state index contributed by atoms with van der Waals surface area (Å²) in [6.45, 7) is 1.39. The molecule has 0 bridgehead atoms. The van der Waals surface area contributed by atoms with Crippen LogP contribution in [0.15, 0.2) is 59.5 Å². The molecule has 0 saturated carbocycles. The first-order valence-corrected chi connectivity index (χ1v) is 9.12. The lowest BCUT2D eigenvalue weighted by Crippen LogP contribution is -2.34. The van der Waals surface area contributed by atoms with Gasteiger partial charge in [-0.2, -0.15) is 0 Å². The van der Waals surface area contributed by atoms with Crippen molar-refractivity contribution >= 4 is 38.6 Å². The molecule has 0 aliphatic heterocycles. The molecule has 1 aromatic carbocycles. The second kappa shape index (κ2) is 8.62. The summed E-state index contributed by atoms with van der Waals surface area (Å²) in [7, 11) is 0. The van der Waals surface area contributed by atoms with E-state index in [0.29, 0.717) is 31.6 Å². The number of carbonyl (C=O) groups is 2. The summed E-state index contributed by atoms with van der Waals surface area (Å²) in [5, 5.41) is 6.72. The zero-order valence-corrected chi connectivity index (χ0v) is 15.7. The molecule has 7 heteroatoms. The van der Waals surface area contributed by atoms with Crippen LogP contribution < -0.4 is 10.6 Å². The number of nitrogens with one attached hydrogen (secondary N) is 2. The largest absolute Gasteiger partial charge is 0.354 e. The lowest BCUT2D eigenvalue weighted by atomic mass is 10.2. The average Bonchev–Trinajstić information content (AvgIpc) is 3.06. The standard InChI is InChI=1S/C19H19BrN4O2/c20-16-1-2-17-15(13-16)5-11-24(17)12-6-18(25)22-9-10-23-19(26)14-3-7-21-8-4-14/h1-5,7-8,11,13H,6,9-10,12H2,(H,22,25)(H,23,26). The minimum Gasteiger partial charge on any atom is -0.354 e. The number of pyridine rings is 1. The molecule has 0 aliphatic rings. The molecule has 26 heavy (non-hydrogen) atoms. The van der Waals surface area contributed by atoms with Gasteiger partial charge in [0, 0.05) is 65.6 Å². The number of halogens is 1. The van der Waals surface area contributed by atoms with Crippen LogP contribution in [0.2, 0.25) is 0 Å². The predicted octanol–water partition coefficient (Wildman–Crippen LogP) is 2.74. The molecule has 3 rings (SSSR count). The lowest BCUT2D eigenvalue weighted by molar-refractivity contribution is -0.121. The van der Waals surface area contributed by atoms with Crippen molar-refractivity contribution in [3.8, 4) is 0 Å². The smallest absolute Gasteiger partial charge is 0.251 e. The van der Waals surface area contributed by atoms with Gasteiger partial charge in [0.2, 0.25) is 5.91 Å². The van der Waals surface area contributed by atoms with Crippen LogP contribution >= 0.6 is 15.9 Å². The van der Waals surface area contributed by atoms with Gasteiger partial charge in [-0.1, -0.05) is 15.9 Å². The van der Waals surface area contributed by atoms with Crippen molar-refractivity contribution < 1.29 is 9.59 Å². The first kappa shape index (κ1) is 18.1. The second-order valence-electron chi connectivity index (χ2n) is 5.80. The van der Waals surface area contributed by atoms with E-state index in [-0.39, 0.29) is 11.8 Å². The number of benzene rings is 1. The molecule has 2 heterocycles. The fourth-order valence-electron chi connectivity index (χ4n) is 2.66. The molecular weight excluding hydrogens is 396 g/mol. The van der Waals surface area contributed by atoms with Crippen molar-refractivity contribution in [2.75, 3.05) is 13.1 Å².